The molecule has 21 heavy (non-hydrogen) atoms. The molecule has 0 radical (unpaired) electrons. The summed E-state index contributed by atoms with van der Waals surface area (Å²) in [5.41, 5.74) is 0.969. The van der Waals surface area contributed by atoms with Crippen molar-refractivity contribution >= 4 is 5.91 Å². The molecule has 1 heterocycles. The first-order chi connectivity index (χ1) is 10.2. The lowest BCUT2D eigenvalue weighted by atomic mass is 10.1. The van der Waals surface area contributed by atoms with Crippen LogP contribution in [-0.4, -0.2) is 50.0 Å². The summed E-state index contributed by atoms with van der Waals surface area (Å²) in [6.45, 7) is 1.95. The van der Waals surface area contributed by atoms with Gasteiger partial charge in [-0.2, -0.15) is 0 Å². The first-order valence-corrected chi connectivity index (χ1v) is 7.09. The van der Waals surface area contributed by atoms with Crippen LogP contribution < -0.4 is 15.4 Å². The molecule has 0 bridgehead atoms. The second-order valence-corrected chi connectivity index (χ2v) is 5.06. The molecule has 3 N–H and O–H groups in total. The van der Waals surface area contributed by atoms with Crippen molar-refractivity contribution in [1.82, 2.24) is 10.6 Å². The molecular weight excluding hydrogens is 272 g/mol. The third-order valence-electron chi connectivity index (χ3n) is 3.35. The first kappa shape index (κ1) is 15.8. The zero-order valence-corrected chi connectivity index (χ0v) is 12.2. The van der Waals surface area contributed by atoms with E-state index < -0.39 is 6.10 Å². The van der Waals surface area contributed by atoms with E-state index in [4.69, 9.17) is 9.47 Å². The minimum absolute atomic E-state index is 0.0859. The summed E-state index contributed by atoms with van der Waals surface area (Å²) in [6, 6.07) is 7.28. The summed E-state index contributed by atoms with van der Waals surface area (Å²) in [4.78, 5) is 11.9. The average Bonchev–Trinajstić information content (AvgIpc) is 2.92. The van der Waals surface area contributed by atoms with Gasteiger partial charge in [0.1, 0.15) is 12.4 Å². The number of β-amino-alcohol motifs (C(OH)–C–C–N with tert-alkyl or cyclic N) is 1. The zero-order chi connectivity index (χ0) is 15.1. The molecule has 1 fully saturated rings. The minimum atomic E-state index is -0.432. The maximum atomic E-state index is 11.9. The summed E-state index contributed by atoms with van der Waals surface area (Å²) in [5, 5.41) is 15.3. The molecule has 1 aromatic rings. The molecule has 0 aliphatic carbocycles. The van der Waals surface area contributed by atoms with Crippen molar-refractivity contribution in [1.29, 1.82) is 0 Å². The Balaban J connectivity index is 1.79. The standard InChI is InChI=1S/C15H22N2O4/c1-20-5-6-21-13-4-2-3-11(7-13)9-17-15(19)14-8-12(18)10-16-14/h2-4,7,12,14,16,18H,5-6,8-10H2,1H3,(H,17,19)/t12-,14+/m0/s1. The monoisotopic (exact) mass is 294 g/mol. The number of aliphatic hydroxyl groups is 1. The highest BCUT2D eigenvalue weighted by molar-refractivity contribution is 5.82. The Morgan fingerprint density at radius 2 is 2.33 bits per heavy atom. The highest BCUT2D eigenvalue weighted by Gasteiger charge is 2.27. The maximum Gasteiger partial charge on any atom is 0.237 e. The van der Waals surface area contributed by atoms with Crippen LogP contribution in [0.2, 0.25) is 0 Å². The highest BCUT2D eigenvalue weighted by Crippen LogP contribution is 2.13. The summed E-state index contributed by atoms with van der Waals surface area (Å²) < 4.78 is 10.5. The third-order valence-corrected chi connectivity index (χ3v) is 3.35. The molecule has 0 aromatic heterocycles. The predicted octanol–water partition coefficient (Wildman–Crippen LogP) is 0.0508. The number of aliphatic hydroxyl groups excluding tert-OH is 1. The Kier molecular flexibility index (Phi) is 5.98. The quantitative estimate of drug-likeness (QED) is 0.619. The number of rotatable bonds is 7. The number of benzene rings is 1. The average molecular weight is 294 g/mol. The van der Waals surface area contributed by atoms with Crippen molar-refractivity contribution in [2.24, 2.45) is 0 Å². The SMILES string of the molecule is COCCOc1cccc(CNC(=O)[C@H]2C[C@H](O)CN2)c1. The van der Waals surface area contributed by atoms with E-state index in [9.17, 15) is 9.90 Å². The number of hydrogen-bond acceptors (Lipinski definition) is 5. The van der Waals surface area contributed by atoms with E-state index in [-0.39, 0.29) is 11.9 Å². The second kappa shape index (κ2) is 7.97. The van der Waals surface area contributed by atoms with E-state index in [1.165, 1.54) is 0 Å². The van der Waals surface area contributed by atoms with Crippen LogP contribution in [0, 0.1) is 0 Å². The molecule has 2 atom stereocenters. The summed E-state index contributed by atoms with van der Waals surface area (Å²) in [5.74, 6) is 0.672. The van der Waals surface area contributed by atoms with Gasteiger partial charge in [0, 0.05) is 20.2 Å². The van der Waals surface area contributed by atoms with Crippen molar-refractivity contribution in [2.75, 3.05) is 26.9 Å². The van der Waals surface area contributed by atoms with E-state index in [1.807, 2.05) is 24.3 Å². The third kappa shape index (κ3) is 5.00. The maximum absolute atomic E-state index is 11.9. The van der Waals surface area contributed by atoms with E-state index in [0.717, 1.165) is 11.3 Å². The Morgan fingerprint density at radius 3 is 3.05 bits per heavy atom. The van der Waals surface area contributed by atoms with Crippen LogP contribution in [0.15, 0.2) is 24.3 Å². The van der Waals surface area contributed by atoms with E-state index in [1.54, 1.807) is 7.11 Å². The van der Waals surface area contributed by atoms with Gasteiger partial charge in [0.2, 0.25) is 5.91 Å². The number of carbonyl (C=O) groups excluding carboxylic acids is 1. The van der Waals surface area contributed by atoms with Crippen LogP contribution in [0.5, 0.6) is 5.75 Å². The fourth-order valence-electron chi connectivity index (χ4n) is 2.22. The number of hydrogen-bond donors (Lipinski definition) is 3. The topological polar surface area (TPSA) is 79.8 Å². The Bertz CT molecular complexity index is 467. The Labute approximate surface area is 124 Å². The van der Waals surface area contributed by atoms with Crippen molar-refractivity contribution in [3.63, 3.8) is 0 Å². The van der Waals surface area contributed by atoms with Crippen molar-refractivity contribution < 1.29 is 19.4 Å². The van der Waals surface area contributed by atoms with Crippen LogP contribution in [-0.2, 0) is 16.1 Å². The molecule has 6 nitrogen and oxygen atoms in total. The van der Waals surface area contributed by atoms with E-state index in [0.29, 0.717) is 32.7 Å². The molecule has 0 saturated carbocycles. The van der Waals surface area contributed by atoms with Crippen molar-refractivity contribution in [2.45, 2.75) is 25.1 Å². The molecule has 6 heteroatoms. The molecule has 1 saturated heterocycles. The normalized spacial score (nSPS) is 21.2. The first-order valence-electron chi connectivity index (χ1n) is 7.09. The number of carbonyl (C=O) groups is 1. The van der Waals surface area contributed by atoms with Gasteiger partial charge in [0.15, 0.2) is 0 Å². The van der Waals surface area contributed by atoms with Gasteiger partial charge in [0.25, 0.3) is 0 Å². The number of methoxy groups -OCH3 is 1. The Hall–Kier alpha value is -1.63. The molecule has 116 valence electrons. The predicted molar refractivity (Wildman–Crippen MR) is 78.1 cm³/mol. The lowest BCUT2D eigenvalue weighted by Crippen LogP contribution is -2.39. The van der Waals surface area contributed by atoms with Crippen LogP contribution in [0.1, 0.15) is 12.0 Å². The summed E-state index contributed by atoms with van der Waals surface area (Å²) in [7, 11) is 1.63. The number of ether oxygens (including phenoxy) is 2. The molecular formula is C15H22N2O4. The van der Waals surface area contributed by atoms with E-state index in [2.05, 4.69) is 10.6 Å². The molecule has 1 aliphatic rings. The van der Waals surface area contributed by atoms with Crippen LogP contribution in [0.4, 0.5) is 0 Å². The molecule has 0 unspecified atom stereocenters. The lowest BCUT2D eigenvalue weighted by molar-refractivity contribution is -0.123. The van der Waals surface area contributed by atoms with Crippen LogP contribution >= 0.6 is 0 Å². The zero-order valence-electron chi connectivity index (χ0n) is 12.2. The molecule has 0 spiro atoms. The molecule has 1 aliphatic heterocycles. The smallest absolute Gasteiger partial charge is 0.237 e. The van der Waals surface area contributed by atoms with Gasteiger partial charge in [-0.1, -0.05) is 12.1 Å². The number of nitrogens with one attached hydrogen (secondary N) is 2. The molecule has 1 amide bonds. The van der Waals surface area contributed by atoms with Crippen LogP contribution in [0.3, 0.4) is 0 Å². The van der Waals surface area contributed by atoms with Crippen LogP contribution in [0.25, 0.3) is 0 Å². The second-order valence-electron chi connectivity index (χ2n) is 5.06. The van der Waals surface area contributed by atoms with E-state index >= 15 is 0 Å². The van der Waals surface area contributed by atoms with Gasteiger partial charge in [-0.05, 0) is 24.1 Å². The van der Waals surface area contributed by atoms with Gasteiger partial charge < -0.3 is 25.2 Å². The van der Waals surface area contributed by atoms with Gasteiger partial charge in [-0.25, -0.2) is 0 Å². The summed E-state index contributed by atoms with van der Waals surface area (Å²) >= 11 is 0. The number of amides is 1. The summed E-state index contributed by atoms with van der Waals surface area (Å²) in [6.07, 6.45) is 0.0321. The van der Waals surface area contributed by atoms with Gasteiger partial charge in [0.05, 0.1) is 18.8 Å². The van der Waals surface area contributed by atoms with Gasteiger partial charge >= 0.3 is 0 Å². The Morgan fingerprint density at radius 1 is 1.48 bits per heavy atom. The lowest BCUT2D eigenvalue weighted by Gasteiger charge is -2.12. The molecule has 1 aromatic carbocycles. The minimum Gasteiger partial charge on any atom is -0.491 e. The fourth-order valence-corrected chi connectivity index (χ4v) is 2.22. The van der Waals surface area contributed by atoms with Crippen molar-refractivity contribution in [3.05, 3.63) is 29.8 Å². The largest absolute Gasteiger partial charge is 0.491 e. The van der Waals surface area contributed by atoms with Crippen molar-refractivity contribution in [3.8, 4) is 5.75 Å². The van der Waals surface area contributed by atoms with Gasteiger partial charge in [-0.15, -0.1) is 0 Å². The van der Waals surface area contributed by atoms with Gasteiger partial charge in [-0.3, -0.25) is 4.79 Å². The highest BCUT2D eigenvalue weighted by atomic mass is 16.5. The molecule has 2 rings (SSSR count). The fraction of sp³-hybridized carbons (Fsp3) is 0.533.